The van der Waals surface area contributed by atoms with Crippen molar-refractivity contribution in [2.45, 2.75) is 38.8 Å². The molecule has 1 saturated heterocycles. The highest BCUT2D eigenvalue weighted by atomic mass is 35.5. The van der Waals surface area contributed by atoms with E-state index in [9.17, 15) is 4.79 Å². The zero-order chi connectivity index (χ0) is 11.4. The second kappa shape index (κ2) is 5.71. The molecular weight excluding hydrogens is 212 g/mol. The Hall–Kier alpha value is -0.280. The molecule has 1 unspecified atom stereocenters. The summed E-state index contributed by atoms with van der Waals surface area (Å²) in [5, 5.41) is 0. The molecular formula is C11H21ClN2O. The van der Waals surface area contributed by atoms with E-state index in [4.69, 9.17) is 11.6 Å². The van der Waals surface area contributed by atoms with Crippen LogP contribution in [0.25, 0.3) is 0 Å². The van der Waals surface area contributed by atoms with Gasteiger partial charge in [0.15, 0.2) is 0 Å². The van der Waals surface area contributed by atoms with E-state index in [1.54, 1.807) is 0 Å². The molecule has 15 heavy (non-hydrogen) atoms. The Morgan fingerprint density at radius 1 is 1.60 bits per heavy atom. The van der Waals surface area contributed by atoms with Gasteiger partial charge in [0.25, 0.3) is 0 Å². The van der Waals surface area contributed by atoms with E-state index in [0.29, 0.717) is 12.1 Å². The maximum absolute atomic E-state index is 11.5. The first-order valence-electron chi connectivity index (χ1n) is 5.62. The molecule has 1 aliphatic rings. The Labute approximate surface area is 97.4 Å². The zero-order valence-corrected chi connectivity index (χ0v) is 10.6. The van der Waals surface area contributed by atoms with Crippen LogP contribution in [-0.4, -0.2) is 53.8 Å². The summed E-state index contributed by atoms with van der Waals surface area (Å²) in [5.74, 6) is 0.177. The van der Waals surface area contributed by atoms with Gasteiger partial charge >= 0.3 is 0 Å². The fourth-order valence-corrected chi connectivity index (χ4v) is 2.19. The van der Waals surface area contributed by atoms with Crippen LogP contribution in [0.15, 0.2) is 0 Å². The van der Waals surface area contributed by atoms with Crippen LogP contribution in [0.1, 0.15) is 26.7 Å². The minimum atomic E-state index is 0.0681. The van der Waals surface area contributed by atoms with E-state index in [-0.39, 0.29) is 11.8 Å². The quantitative estimate of drug-likeness (QED) is 0.690. The standard InChI is InChI=1S/C11H21ClN2O/c1-9(2)13(3)10-5-4-6-14(8-10)11(15)7-12/h9-10H,4-8H2,1-3H3. The van der Waals surface area contributed by atoms with Crippen molar-refractivity contribution in [3.05, 3.63) is 0 Å². The van der Waals surface area contributed by atoms with Gasteiger partial charge in [-0.2, -0.15) is 0 Å². The number of rotatable bonds is 3. The smallest absolute Gasteiger partial charge is 0.237 e. The molecule has 0 aliphatic carbocycles. The average molecular weight is 233 g/mol. The molecule has 0 radical (unpaired) electrons. The van der Waals surface area contributed by atoms with E-state index in [0.717, 1.165) is 19.5 Å². The van der Waals surface area contributed by atoms with Crippen molar-refractivity contribution < 1.29 is 4.79 Å². The third-order valence-corrected chi connectivity index (χ3v) is 3.48. The molecule has 1 rings (SSSR count). The molecule has 1 heterocycles. The van der Waals surface area contributed by atoms with Gasteiger partial charge in [-0.3, -0.25) is 9.69 Å². The van der Waals surface area contributed by atoms with E-state index < -0.39 is 0 Å². The fourth-order valence-electron chi connectivity index (χ4n) is 2.02. The Kier molecular flexibility index (Phi) is 4.87. The largest absolute Gasteiger partial charge is 0.340 e. The number of halogens is 1. The summed E-state index contributed by atoms with van der Waals surface area (Å²) in [6.45, 7) is 6.07. The highest BCUT2D eigenvalue weighted by Gasteiger charge is 2.26. The topological polar surface area (TPSA) is 23.6 Å². The lowest BCUT2D eigenvalue weighted by Crippen LogP contribution is -2.50. The predicted molar refractivity (Wildman–Crippen MR) is 63.2 cm³/mol. The summed E-state index contributed by atoms with van der Waals surface area (Å²) >= 11 is 5.57. The first-order valence-corrected chi connectivity index (χ1v) is 6.15. The monoisotopic (exact) mass is 232 g/mol. The van der Waals surface area contributed by atoms with Gasteiger partial charge in [-0.25, -0.2) is 0 Å². The van der Waals surface area contributed by atoms with E-state index in [1.807, 2.05) is 4.90 Å². The summed E-state index contributed by atoms with van der Waals surface area (Å²) in [5.41, 5.74) is 0. The van der Waals surface area contributed by atoms with Crippen LogP contribution in [0.5, 0.6) is 0 Å². The number of likely N-dealkylation sites (tertiary alicyclic amines) is 1. The van der Waals surface area contributed by atoms with Crippen molar-refractivity contribution in [3.8, 4) is 0 Å². The molecule has 3 nitrogen and oxygen atoms in total. The van der Waals surface area contributed by atoms with Crippen LogP contribution < -0.4 is 0 Å². The Morgan fingerprint density at radius 2 is 2.27 bits per heavy atom. The van der Waals surface area contributed by atoms with Gasteiger partial charge in [-0.05, 0) is 33.7 Å². The number of likely N-dealkylation sites (N-methyl/N-ethyl adjacent to an activating group) is 1. The van der Waals surface area contributed by atoms with E-state index >= 15 is 0 Å². The molecule has 0 aromatic rings. The van der Waals surface area contributed by atoms with Crippen molar-refractivity contribution >= 4 is 17.5 Å². The molecule has 0 aromatic heterocycles. The van der Waals surface area contributed by atoms with E-state index in [1.165, 1.54) is 6.42 Å². The van der Waals surface area contributed by atoms with Gasteiger partial charge in [0.05, 0.1) is 0 Å². The third-order valence-electron chi connectivity index (χ3n) is 3.25. The van der Waals surface area contributed by atoms with Gasteiger partial charge in [-0.15, -0.1) is 11.6 Å². The minimum absolute atomic E-state index is 0.0681. The SMILES string of the molecule is CC(C)N(C)C1CCCN(C(=O)CCl)C1. The normalized spacial score (nSPS) is 22.5. The molecule has 0 saturated carbocycles. The van der Waals surface area contributed by atoms with Gasteiger partial charge in [-0.1, -0.05) is 0 Å². The summed E-state index contributed by atoms with van der Waals surface area (Å²) in [4.78, 5) is 15.7. The molecule has 1 fully saturated rings. The number of hydrogen-bond acceptors (Lipinski definition) is 2. The highest BCUT2D eigenvalue weighted by Crippen LogP contribution is 2.16. The Balaban J connectivity index is 2.52. The highest BCUT2D eigenvalue weighted by molar-refractivity contribution is 6.27. The van der Waals surface area contributed by atoms with Crippen LogP contribution in [0.2, 0.25) is 0 Å². The van der Waals surface area contributed by atoms with Gasteiger partial charge < -0.3 is 4.90 Å². The molecule has 0 bridgehead atoms. The van der Waals surface area contributed by atoms with E-state index in [2.05, 4.69) is 25.8 Å². The Morgan fingerprint density at radius 3 is 2.80 bits per heavy atom. The van der Waals surface area contributed by atoms with Crippen molar-refractivity contribution in [3.63, 3.8) is 0 Å². The first-order chi connectivity index (χ1) is 7.06. The molecule has 0 N–H and O–H groups in total. The van der Waals surface area contributed by atoms with Crippen LogP contribution in [0.4, 0.5) is 0 Å². The zero-order valence-electron chi connectivity index (χ0n) is 9.87. The number of hydrogen-bond donors (Lipinski definition) is 0. The van der Waals surface area contributed by atoms with Crippen molar-refractivity contribution in [1.29, 1.82) is 0 Å². The van der Waals surface area contributed by atoms with Crippen molar-refractivity contribution in [2.75, 3.05) is 26.0 Å². The molecule has 1 aliphatic heterocycles. The molecule has 4 heteroatoms. The van der Waals surface area contributed by atoms with Crippen molar-refractivity contribution in [2.24, 2.45) is 0 Å². The molecule has 88 valence electrons. The van der Waals surface area contributed by atoms with Crippen LogP contribution in [0.3, 0.4) is 0 Å². The van der Waals surface area contributed by atoms with Gasteiger partial charge in [0.1, 0.15) is 5.88 Å². The lowest BCUT2D eigenvalue weighted by molar-refractivity contribution is -0.130. The summed E-state index contributed by atoms with van der Waals surface area (Å²) < 4.78 is 0. The first kappa shape index (κ1) is 12.8. The third kappa shape index (κ3) is 3.35. The summed E-state index contributed by atoms with van der Waals surface area (Å²) in [6, 6.07) is 1.02. The Bertz CT molecular complexity index is 221. The van der Waals surface area contributed by atoms with Crippen LogP contribution >= 0.6 is 11.6 Å². The second-order valence-corrected chi connectivity index (χ2v) is 4.80. The van der Waals surface area contributed by atoms with Crippen LogP contribution in [-0.2, 0) is 4.79 Å². The maximum atomic E-state index is 11.5. The average Bonchev–Trinajstić information content (AvgIpc) is 2.27. The summed E-state index contributed by atoms with van der Waals surface area (Å²) in [6.07, 6.45) is 2.27. The summed E-state index contributed by atoms with van der Waals surface area (Å²) in [7, 11) is 2.13. The number of amides is 1. The number of piperidine rings is 1. The lowest BCUT2D eigenvalue weighted by Gasteiger charge is -2.39. The molecule has 0 aromatic carbocycles. The minimum Gasteiger partial charge on any atom is -0.340 e. The van der Waals surface area contributed by atoms with Gasteiger partial charge in [0, 0.05) is 25.2 Å². The number of carbonyl (C=O) groups is 1. The molecule has 0 spiro atoms. The number of carbonyl (C=O) groups excluding carboxylic acids is 1. The maximum Gasteiger partial charge on any atom is 0.237 e. The van der Waals surface area contributed by atoms with Crippen molar-refractivity contribution in [1.82, 2.24) is 9.80 Å². The fraction of sp³-hybridized carbons (Fsp3) is 0.909. The number of nitrogens with zero attached hydrogens (tertiary/aromatic N) is 2. The van der Waals surface area contributed by atoms with Gasteiger partial charge in [0.2, 0.25) is 5.91 Å². The van der Waals surface area contributed by atoms with Crippen LogP contribution in [0, 0.1) is 0 Å². The molecule has 1 amide bonds. The lowest BCUT2D eigenvalue weighted by atomic mass is 10.0. The predicted octanol–water partition coefficient (Wildman–Crippen LogP) is 1.56. The number of alkyl halides is 1. The molecule has 1 atom stereocenters. The second-order valence-electron chi connectivity index (χ2n) is 4.53.